The lowest BCUT2D eigenvalue weighted by Gasteiger charge is -2.45. The highest BCUT2D eigenvalue weighted by atomic mass is 16.5. The molecule has 20 heavy (non-hydrogen) atoms. The highest BCUT2D eigenvalue weighted by molar-refractivity contribution is 5.85. The molecule has 0 aliphatic carbocycles. The van der Waals surface area contributed by atoms with Crippen LogP contribution < -0.4 is 5.56 Å². The molecule has 1 aromatic carbocycles. The number of fused-ring (bicyclic) bond motifs is 3. The Morgan fingerprint density at radius 3 is 2.70 bits per heavy atom. The second-order valence-corrected chi connectivity index (χ2v) is 6.11. The normalized spacial score (nSPS) is 24.1. The zero-order valence-corrected chi connectivity index (χ0v) is 11.4. The molecule has 0 spiro atoms. The Balaban J connectivity index is 1.81. The quantitative estimate of drug-likeness (QED) is 0.863. The number of hydrogen-bond acceptors (Lipinski definition) is 3. The van der Waals surface area contributed by atoms with Gasteiger partial charge in [-0.2, -0.15) is 0 Å². The van der Waals surface area contributed by atoms with E-state index in [1.807, 2.05) is 24.3 Å². The smallest absolute Gasteiger partial charge is 0.256 e. The lowest BCUT2D eigenvalue weighted by molar-refractivity contribution is -0.184. The van der Waals surface area contributed by atoms with Crippen molar-refractivity contribution in [1.29, 1.82) is 0 Å². The van der Waals surface area contributed by atoms with Crippen LogP contribution in [-0.4, -0.2) is 24.3 Å². The van der Waals surface area contributed by atoms with E-state index < -0.39 is 0 Å². The molecule has 4 rings (SSSR count). The largest absolute Gasteiger partial charge is 0.380 e. The predicted molar refractivity (Wildman–Crippen MR) is 75.8 cm³/mol. The first-order valence-electron chi connectivity index (χ1n) is 6.99. The van der Waals surface area contributed by atoms with E-state index >= 15 is 0 Å². The molecule has 4 nitrogen and oxygen atoms in total. The van der Waals surface area contributed by atoms with Gasteiger partial charge in [0.25, 0.3) is 5.56 Å². The number of H-pyrrole nitrogens is 1. The van der Waals surface area contributed by atoms with Crippen molar-refractivity contribution in [3.05, 3.63) is 45.9 Å². The van der Waals surface area contributed by atoms with Crippen molar-refractivity contribution in [1.82, 2.24) is 4.98 Å². The molecule has 1 atom stereocenters. The Bertz CT molecular complexity index is 730. The van der Waals surface area contributed by atoms with Gasteiger partial charge in [-0.15, -0.1) is 0 Å². The van der Waals surface area contributed by atoms with Crippen molar-refractivity contribution in [2.45, 2.75) is 26.1 Å². The topological polar surface area (TPSA) is 51.3 Å². The van der Waals surface area contributed by atoms with Gasteiger partial charge in [-0.05, 0) is 11.5 Å². The van der Waals surface area contributed by atoms with Crippen molar-refractivity contribution >= 4 is 10.8 Å². The predicted octanol–water partition coefficient (Wildman–Crippen LogP) is 2.01. The summed E-state index contributed by atoms with van der Waals surface area (Å²) in [6.45, 7) is 4.23. The summed E-state index contributed by atoms with van der Waals surface area (Å²) in [5.74, 6) is 0. The second kappa shape index (κ2) is 4.17. The van der Waals surface area contributed by atoms with E-state index in [1.54, 1.807) is 0 Å². The lowest BCUT2D eigenvalue weighted by Crippen LogP contribution is -2.52. The summed E-state index contributed by atoms with van der Waals surface area (Å²) >= 11 is 0. The number of hydrogen-bond donors (Lipinski definition) is 1. The maximum atomic E-state index is 12.2. The molecule has 2 aliphatic heterocycles. The first-order chi connectivity index (χ1) is 9.67. The van der Waals surface area contributed by atoms with Crippen LogP contribution in [0.2, 0.25) is 0 Å². The van der Waals surface area contributed by atoms with Crippen LogP contribution in [0, 0.1) is 5.41 Å². The van der Waals surface area contributed by atoms with Crippen molar-refractivity contribution < 1.29 is 9.47 Å². The third-order valence-electron chi connectivity index (χ3n) is 4.58. The van der Waals surface area contributed by atoms with E-state index in [1.165, 1.54) is 0 Å². The maximum absolute atomic E-state index is 12.2. The fourth-order valence-electron chi connectivity index (χ4n) is 3.21. The number of benzene rings is 1. The third kappa shape index (κ3) is 1.65. The first kappa shape index (κ1) is 12.1. The SMILES string of the molecule is CC1(C2Cc3[nH]c(=O)c4ccccc4c3CO2)COC1. The Hall–Kier alpha value is -1.65. The summed E-state index contributed by atoms with van der Waals surface area (Å²) in [4.78, 5) is 15.2. The second-order valence-electron chi connectivity index (χ2n) is 6.11. The van der Waals surface area contributed by atoms with E-state index in [-0.39, 0.29) is 17.1 Å². The van der Waals surface area contributed by atoms with Crippen molar-refractivity contribution in [3.8, 4) is 0 Å². The third-order valence-corrected chi connectivity index (χ3v) is 4.58. The fraction of sp³-hybridized carbons (Fsp3) is 0.438. The Kier molecular flexibility index (Phi) is 2.53. The molecule has 3 heterocycles. The van der Waals surface area contributed by atoms with E-state index in [9.17, 15) is 4.79 Å². The van der Waals surface area contributed by atoms with Crippen LogP contribution in [0.4, 0.5) is 0 Å². The van der Waals surface area contributed by atoms with Gasteiger partial charge in [0.1, 0.15) is 0 Å². The molecule has 1 N–H and O–H groups in total. The average molecular weight is 271 g/mol. The summed E-state index contributed by atoms with van der Waals surface area (Å²) in [6, 6.07) is 7.72. The standard InChI is InChI=1S/C16H17NO3/c1-16(8-19-9-16)14-6-13-12(7-20-14)10-4-2-3-5-11(10)15(18)17-13/h2-5,14H,6-9H2,1H3,(H,17,18). The summed E-state index contributed by atoms with van der Waals surface area (Å²) in [5, 5.41) is 1.76. The number of pyridine rings is 1. The van der Waals surface area contributed by atoms with Gasteiger partial charge in [-0.3, -0.25) is 4.79 Å². The molecule has 1 unspecified atom stereocenters. The number of ether oxygens (including phenoxy) is 2. The van der Waals surface area contributed by atoms with Crippen LogP contribution in [0.25, 0.3) is 10.8 Å². The van der Waals surface area contributed by atoms with Crippen LogP contribution in [-0.2, 0) is 22.5 Å². The summed E-state index contributed by atoms with van der Waals surface area (Å²) in [5.41, 5.74) is 2.23. The minimum absolute atomic E-state index is 0.00462. The molecule has 1 aromatic heterocycles. The molecule has 1 fully saturated rings. The van der Waals surface area contributed by atoms with Crippen LogP contribution in [0.5, 0.6) is 0 Å². The van der Waals surface area contributed by atoms with Gasteiger partial charge in [-0.1, -0.05) is 25.1 Å². The van der Waals surface area contributed by atoms with Crippen molar-refractivity contribution in [2.75, 3.05) is 13.2 Å². The van der Waals surface area contributed by atoms with Crippen LogP contribution in [0.1, 0.15) is 18.2 Å². The molecule has 2 aromatic rings. The minimum Gasteiger partial charge on any atom is -0.380 e. The summed E-state index contributed by atoms with van der Waals surface area (Å²) in [6.07, 6.45) is 0.885. The molecule has 4 heteroatoms. The number of aromatic nitrogens is 1. The van der Waals surface area contributed by atoms with E-state index in [4.69, 9.17) is 9.47 Å². The van der Waals surface area contributed by atoms with E-state index in [2.05, 4.69) is 11.9 Å². The molecule has 0 saturated carbocycles. The van der Waals surface area contributed by atoms with Gasteiger partial charge in [0.2, 0.25) is 0 Å². The zero-order chi connectivity index (χ0) is 13.7. The molecule has 0 radical (unpaired) electrons. The number of rotatable bonds is 1. The highest BCUT2D eigenvalue weighted by Gasteiger charge is 2.44. The fourth-order valence-corrected chi connectivity index (χ4v) is 3.21. The van der Waals surface area contributed by atoms with Gasteiger partial charge in [0.15, 0.2) is 0 Å². The minimum atomic E-state index is -0.00462. The lowest BCUT2D eigenvalue weighted by atomic mass is 9.78. The molecular weight excluding hydrogens is 254 g/mol. The summed E-state index contributed by atoms with van der Waals surface area (Å²) < 4.78 is 11.4. The zero-order valence-electron chi connectivity index (χ0n) is 11.4. The molecule has 0 bridgehead atoms. The van der Waals surface area contributed by atoms with Gasteiger partial charge < -0.3 is 14.5 Å². The summed E-state index contributed by atoms with van der Waals surface area (Å²) in [7, 11) is 0. The number of aromatic amines is 1. The van der Waals surface area contributed by atoms with E-state index in [0.717, 1.165) is 41.7 Å². The first-order valence-corrected chi connectivity index (χ1v) is 6.99. The highest BCUT2D eigenvalue weighted by Crippen LogP contribution is 2.38. The van der Waals surface area contributed by atoms with Crippen LogP contribution in [0.15, 0.2) is 29.1 Å². The number of nitrogens with one attached hydrogen (secondary N) is 1. The van der Waals surface area contributed by atoms with E-state index in [0.29, 0.717) is 6.61 Å². The average Bonchev–Trinajstić information content (AvgIpc) is 2.44. The molecular formula is C16H17NO3. The Morgan fingerprint density at radius 2 is 2.00 bits per heavy atom. The van der Waals surface area contributed by atoms with Crippen molar-refractivity contribution in [3.63, 3.8) is 0 Å². The molecule has 1 saturated heterocycles. The molecule has 0 amide bonds. The Morgan fingerprint density at radius 1 is 1.25 bits per heavy atom. The Labute approximate surface area is 116 Å². The molecule has 2 aliphatic rings. The molecule has 104 valence electrons. The van der Waals surface area contributed by atoms with Gasteiger partial charge in [0.05, 0.1) is 25.9 Å². The van der Waals surface area contributed by atoms with Crippen LogP contribution >= 0.6 is 0 Å². The van der Waals surface area contributed by atoms with Gasteiger partial charge >= 0.3 is 0 Å². The van der Waals surface area contributed by atoms with Crippen molar-refractivity contribution in [2.24, 2.45) is 5.41 Å². The maximum Gasteiger partial charge on any atom is 0.256 e. The van der Waals surface area contributed by atoms with Crippen LogP contribution in [0.3, 0.4) is 0 Å². The monoisotopic (exact) mass is 271 g/mol. The van der Waals surface area contributed by atoms with Gasteiger partial charge in [0, 0.05) is 28.5 Å². The van der Waals surface area contributed by atoms with Gasteiger partial charge in [-0.25, -0.2) is 0 Å².